The third-order valence-electron chi connectivity index (χ3n) is 1.18. The molecule has 1 nitrogen and oxygen atoms in total. The molecule has 1 rings (SSSR count). The van der Waals surface area contributed by atoms with Crippen LogP contribution in [-0.4, -0.2) is 6.54 Å². The minimum atomic E-state index is 0.924. The van der Waals surface area contributed by atoms with Gasteiger partial charge in [0.15, 0.2) is 0 Å². The predicted octanol–water partition coefficient (Wildman–Crippen LogP) is 1.05. The van der Waals surface area contributed by atoms with E-state index in [1.54, 1.807) is 0 Å². The molecule has 0 aromatic rings. The van der Waals surface area contributed by atoms with E-state index in [0.717, 1.165) is 18.5 Å². The molecule has 1 heteroatoms. The van der Waals surface area contributed by atoms with Gasteiger partial charge in [0.1, 0.15) is 0 Å². The number of hydrogen-bond donors (Lipinski definition) is 1. The van der Waals surface area contributed by atoms with Gasteiger partial charge in [-0.2, -0.15) is 0 Å². The van der Waals surface area contributed by atoms with Crippen molar-refractivity contribution in [3.8, 4) is 12.3 Å². The van der Waals surface area contributed by atoms with E-state index in [4.69, 9.17) is 6.42 Å². The Kier molecular flexibility index (Phi) is 1.98. The molecule has 0 spiro atoms. The fourth-order valence-corrected chi connectivity index (χ4v) is 0.697. The lowest BCUT2D eigenvalue weighted by Crippen LogP contribution is -2.04. The van der Waals surface area contributed by atoms with E-state index in [2.05, 4.69) is 17.3 Å². The molecule has 1 N–H and O–H groups in total. The fourth-order valence-electron chi connectivity index (χ4n) is 0.697. The standard InChI is InChI=1S/C8H9N/c1-2-8-5-3-4-6-9-7-8/h1,3,5,7,9H,4,6H2. The summed E-state index contributed by atoms with van der Waals surface area (Å²) < 4.78 is 0. The molecule has 0 bridgehead atoms. The molecule has 0 unspecified atom stereocenters. The molecule has 1 aliphatic heterocycles. The quantitative estimate of drug-likeness (QED) is 0.470. The molecule has 9 heavy (non-hydrogen) atoms. The van der Waals surface area contributed by atoms with Crippen molar-refractivity contribution in [2.45, 2.75) is 6.42 Å². The molecule has 0 radical (unpaired) electrons. The summed E-state index contributed by atoms with van der Waals surface area (Å²) in [6.07, 6.45) is 12.1. The van der Waals surface area contributed by atoms with Crippen LogP contribution in [0.5, 0.6) is 0 Å². The summed E-state index contributed by atoms with van der Waals surface area (Å²) in [7, 11) is 0. The van der Waals surface area contributed by atoms with Crippen molar-refractivity contribution in [3.63, 3.8) is 0 Å². The van der Waals surface area contributed by atoms with Crippen LogP contribution in [-0.2, 0) is 0 Å². The lowest BCUT2D eigenvalue weighted by Gasteiger charge is -1.90. The molecule has 0 fully saturated rings. The van der Waals surface area contributed by atoms with Crippen LogP contribution in [0.15, 0.2) is 23.9 Å². The zero-order chi connectivity index (χ0) is 6.53. The largest absolute Gasteiger partial charge is 0.390 e. The first kappa shape index (κ1) is 5.97. The van der Waals surface area contributed by atoms with Crippen LogP contribution in [0.25, 0.3) is 0 Å². The second kappa shape index (κ2) is 2.99. The average molecular weight is 119 g/mol. The van der Waals surface area contributed by atoms with Crippen molar-refractivity contribution < 1.29 is 0 Å². The second-order valence-corrected chi connectivity index (χ2v) is 1.89. The van der Waals surface area contributed by atoms with Gasteiger partial charge in [-0.25, -0.2) is 0 Å². The molecule has 1 heterocycles. The maximum atomic E-state index is 5.16. The zero-order valence-corrected chi connectivity index (χ0v) is 5.22. The molecule has 0 saturated heterocycles. The first-order chi connectivity index (χ1) is 4.43. The summed E-state index contributed by atoms with van der Waals surface area (Å²) in [5, 5.41) is 3.08. The highest BCUT2D eigenvalue weighted by molar-refractivity contribution is 5.36. The van der Waals surface area contributed by atoms with Gasteiger partial charge in [0.05, 0.1) is 0 Å². The third kappa shape index (κ3) is 1.65. The van der Waals surface area contributed by atoms with Crippen molar-refractivity contribution in [3.05, 3.63) is 23.9 Å². The van der Waals surface area contributed by atoms with Crippen molar-refractivity contribution >= 4 is 0 Å². The second-order valence-electron chi connectivity index (χ2n) is 1.89. The number of nitrogens with one attached hydrogen (secondary N) is 1. The van der Waals surface area contributed by atoms with E-state index in [0.29, 0.717) is 0 Å². The average Bonchev–Trinajstić information content (AvgIpc) is 2.13. The SMILES string of the molecule is C#CC1=CNCCC=C1. The van der Waals surface area contributed by atoms with Gasteiger partial charge in [-0.15, -0.1) is 6.42 Å². The van der Waals surface area contributed by atoms with E-state index in [1.165, 1.54) is 0 Å². The maximum absolute atomic E-state index is 5.16. The van der Waals surface area contributed by atoms with E-state index in [-0.39, 0.29) is 0 Å². The van der Waals surface area contributed by atoms with Gasteiger partial charge in [0.2, 0.25) is 0 Å². The van der Waals surface area contributed by atoms with Crippen LogP contribution in [0.1, 0.15) is 6.42 Å². The molecule has 0 aromatic heterocycles. The molecule has 0 atom stereocenters. The highest BCUT2D eigenvalue weighted by Gasteiger charge is 1.88. The van der Waals surface area contributed by atoms with Gasteiger partial charge in [0, 0.05) is 18.3 Å². The summed E-state index contributed by atoms with van der Waals surface area (Å²) in [6, 6.07) is 0. The molecule has 0 aliphatic carbocycles. The molecule has 0 aromatic carbocycles. The van der Waals surface area contributed by atoms with E-state index in [1.807, 2.05) is 12.3 Å². The van der Waals surface area contributed by atoms with Gasteiger partial charge in [-0.3, -0.25) is 0 Å². The Balaban J connectivity index is 2.67. The Hall–Kier alpha value is -1.16. The first-order valence-electron chi connectivity index (χ1n) is 3.00. The molecule has 0 saturated carbocycles. The van der Waals surface area contributed by atoms with Crippen LogP contribution < -0.4 is 5.32 Å². The summed E-state index contributed by atoms with van der Waals surface area (Å²) in [5.74, 6) is 2.56. The highest BCUT2D eigenvalue weighted by Crippen LogP contribution is 1.97. The fraction of sp³-hybridized carbons (Fsp3) is 0.250. The van der Waals surface area contributed by atoms with Gasteiger partial charge in [-0.1, -0.05) is 12.0 Å². The number of allylic oxidation sites excluding steroid dienone is 2. The Morgan fingerprint density at radius 2 is 2.56 bits per heavy atom. The minimum Gasteiger partial charge on any atom is -0.390 e. The first-order valence-corrected chi connectivity index (χ1v) is 3.00. The van der Waals surface area contributed by atoms with E-state index < -0.39 is 0 Å². The summed E-state index contributed by atoms with van der Waals surface area (Å²) in [5.41, 5.74) is 0.924. The number of rotatable bonds is 0. The molecule has 46 valence electrons. The monoisotopic (exact) mass is 119 g/mol. The lowest BCUT2D eigenvalue weighted by molar-refractivity contribution is 0.858. The Morgan fingerprint density at radius 1 is 1.67 bits per heavy atom. The molecular formula is C8H9N. The molecular weight excluding hydrogens is 110 g/mol. The van der Waals surface area contributed by atoms with Gasteiger partial charge < -0.3 is 5.32 Å². The maximum Gasteiger partial charge on any atom is 0.0396 e. The molecule has 0 amide bonds. The van der Waals surface area contributed by atoms with Crippen molar-refractivity contribution in [2.24, 2.45) is 0 Å². The topological polar surface area (TPSA) is 12.0 Å². The van der Waals surface area contributed by atoms with Crippen molar-refractivity contribution in [1.82, 2.24) is 5.32 Å². The zero-order valence-electron chi connectivity index (χ0n) is 5.22. The molecule has 1 aliphatic rings. The highest BCUT2D eigenvalue weighted by atomic mass is 14.8. The lowest BCUT2D eigenvalue weighted by atomic mass is 10.3. The van der Waals surface area contributed by atoms with Crippen LogP contribution in [0.2, 0.25) is 0 Å². The minimum absolute atomic E-state index is 0.924. The van der Waals surface area contributed by atoms with Crippen molar-refractivity contribution in [2.75, 3.05) is 6.54 Å². The van der Waals surface area contributed by atoms with Crippen molar-refractivity contribution in [1.29, 1.82) is 0 Å². The third-order valence-corrected chi connectivity index (χ3v) is 1.18. The smallest absolute Gasteiger partial charge is 0.0396 e. The van der Waals surface area contributed by atoms with Crippen LogP contribution in [0.3, 0.4) is 0 Å². The van der Waals surface area contributed by atoms with Gasteiger partial charge in [-0.05, 0) is 12.5 Å². The normalized spacial score (nSPS) is 17.0. The van der Waals surface area contributed by atoms with E-state index in [9.17, 15) is 0 Å². The summed E-state index contributed by atoms with van der Waals surface area (Å²) in [6.45, 7) is 0.988. The predicted molar refractivity (Wildman–Crippen MR) is 38.7 cm³/mol. The Bertz CT molecular complexity index is 181. The van der Waals surface area contributed by atoms with E-state index >= 15 is 0 Å². The van der Waals surface area contributed by atoms with Crippen LogP contribution in [0.4, 0.5) is 0 Å². The van der Waals surface area contributed by atoms with Crippen LogP contribution >= 0.6 is 0 Å². The summed E-state index contributed by atoms with van der Waals surface area (Å²) >= 11 is 0. The number of hydrogen-bond acceptors (Lipinski definition) is 1. The van der Waals surface area contributed by atoms with Gasteiger partial charge >= 0.3 is 0 Å². The number of terminal acetylenes is 1. The van der Waals surface area contributed by atoms with Crippen LogP contribution in [0, 0.1) is 12.3 Å². The Morgan fingerprint density at radius 3 is 3.33 bits per heavy atom. The van der Waals surface area contributed by atoms with Gasteiger partial charge in [0.25, 0.3) is 0 Å². The Labute approximate surface area is 55.5 Å². The summed E-state index contributed by atoms with van der Waals surface area (Å²) in [4.78, 5) is 0.